The summed E-state index contributed by atoms with van der Waals surface area (Å²) in [4.78, 5) is 25.8. The number of hydrogen-bond acceptors (Lipinski definition) is 3. The molecule has 1 N–H and O–H groups in total. The maximum atomic E-state index is 13.0. The Morgan fingerprint density at radius 2 is 1.86 bits per heavy atom. The van der Waals surface area contributed by atoms with Gasteiger partial charge in [-0.05, 0) is 76.3 Å². The van der Waals surface area contributed by atoms with E-state index in [9.17, 15) is 9.59 Å². The largest absolute Gasteiger partial charge is 0.481 e. The number of rotatable bonds is 5. The molecule has 0 radical (unpaired) electrons. The number of aryl methyl sites for hydroxylation is 1. The summed E-state index contributed by atoms with van der Waals surface area (Å²) >= 11 is 0. The molecule has 2 aromatic rings. The molecule has 2 heterocycles. The Hall–Kier alpha value is -2.63. The number of benzene rings is 1. The molecule has 28 heavy (non-hydrogen) atoms. The molecule has 1 aromatic carbocycles. The summed E-state index contributed by atoms with van der Waals surface area (Å²) in [6.07, 6.45) is 1.57. The molecular formula is C22H29N3O3. The lowest BCUT2D eigenvalue weighted by Gasteiger charge is -2.31. The molecule has 0 saturated carbocycles. The number of aliphatic carboxylic acids is 1. The fraction of sp³-hybridized carbons (Fsp3) is 0.500. The standard InChI is InChI=1S/C22H29N3O3/c1-14-12-22(4,5)24(13-14)21(28)17-6-8-18(9-7-17)25-16(3)19(15(2)23-25)10-11-20(26)27/h6-9,14H,10-13H2,1-5H3,(H,26,27). The lowest BCUT2D eigenvalue weighted by atomic mass is 9.97. The minimum atomic E-state index is -0.812. The Morgan fingerprint density at radius 3 is 2.39 bits per heavy atom. The molecular weight excluding hydrogens is 354 g/mol. The zero-order valence-corrected chi connectivity index (χ0v) is 17.3. The van der Waals surface area contributed by atoms with Crippen molar-refractivity contribution in [3.05, 3.63) is 46.8 Å². The topological polar surface area (TPSA) is 75.4 Å². The van der Waals surface area contributed by atoms with Gasteiger partial charge in [-0.3, -0.25) is 9.59 Å². The van der Waals surface area contributed by atoms with E-state index in [1.54, 1.807) is 0 Å². The van der Waals surface area contributed by atoms with E-state index in [4.69, 9.17) is 5.11 Å². The Labute approximate surface area is 166 Å². The van der Waals surface area contributed by atoms with E-state index in [-0.39, 0.29) is 17.9 Å². The zero-order valence-electron chi connectivity index (χ0n) is 17.3. The van der Waals surface area contributed by atoms with E-state index in [0.717, 1.165) is 35.6 Å². The van der Waals surface area contributed by atoms with Gasteiger partial charge >= 0.3 is 5.97 Å². The van der Waals surface area contributed by atoms with Crippen molar-refractivity contribution in [2.75, 3.05) is 6.54 Å². The normalized spacial score (nSPS) is 18.5. The molecule has 0 spiro atoms. The van der Waals surface area contributed by atoms with Crippen LogP contribution < -0.4 is 0 Å². The molecule has 1 aromatic heterocycles. The summed E-state index contributed by atoms with van der Waals surface area (Å²) in [5, 5.41) is 13.5. The molecule has 3 rings (SSSR count). The maximum Gasteiger partial charge on any atom is 0.303 e. The number of likely N-dealkylation sites (tertiary alicyclic amines) is 1. The van der Waals surface area contributed by atoms with Gasteiger partial charge in [0.2, 0.25) is 0 Å². The number of carbonyl (C=O) groups is 2. The number of nitrogens with zero attached hydrogens (tertiary/aromatic N) is 3. The monoisotopic (exact) mass is 383 g/mol. The fourth-order valence-electron chi connectivity index (χ4n) is 4.37. The van der Waals surface area contributed by atoms with E-state index in [1.807, 2.05) is 47.7 Å². The van der Waals surface area contributed by atoms with E-state index < -0.39 is 5.97 Å². The number of carboxylic acid groups (broad SMARTS) is 1. The van der Waals surface area contributed by atoms with Crippen molar-refractivity contribution in [2.45, 2.75) is 59.4 Å². The summed E-state index contributed by atoms with van der Waals surface area (Å²) in [6.45, 7) is 11.1. The highest BCUT2D eigenvalue weighted by atomic mass is 16.4. The Morgan fingerprint density at radius 1 is 1.21 bits per heavy atom. The molecule has 0 bridgehead atoms. The van der Waals surface area contributed by atoms with Gasteiger partial charge < -0.3 is 10.0 Å². The molecule has 1 amide bonds. The van der Waals surface area contributed by atoms with Crippen LogP contribution in [0.3, 0.4) is 0 Å². The number of carbonyl (C=O) groups excluding carboxylic acids is 1. The predicted octanol–water partition coefficient (Wildman–Crippen LogP) is 3.77. The van der Waals surface area contributed by atoms with Gasteiger partial charge in [0, 0.05) is 29.8 Å². The van der Waals surface area contributed by atoms with Crippen LogP contribution in [0.25, 0.3) is 5.69 Å². The van der Waals surface area contributed by atoms with Gasteiger partial charge in [0.1, 0.15) is 0 Å². The van der Waals surface area contributed by atoms with Crippen molar-refractivity contribution < 1.29 is 14.7 Å². The summed E-state index contributed by atoms with van der Waals surface area (Å²) in [7, 11) is 0. The van der Waals surface area contributed by atoms with Gasteiger partial charge in [0.15, 0.2) is 0 Å². The molecule has 6 heteroatoms. The van der Waals surface area contributed by atoms with Gasteiger partial charge in [0.25, 0.3) is 5.91 Å². The van der Waals surface area contributed by atoms with Crippen LogP contribution in [0.2, 0.25) is 0 Å². The second-order valence-corrected chi connectivity index (χ2v) is 8.54. The van der Waals surface area contributed by atoms with Gasteiger partial charge in [-0.2, -0.15) is 5.10 Å². The minimum Gasteiger partial charge on any atom is -0.481 e. The first-order chi connectivity index (χ1) is 13.1. The Balaban J connectivity index is 1.83. The summed E-state index contributed by atoms with van der Waals surface area (Å²) in [5.74, 6) is -0.234. The van der Waals surface area contributed by atoms with Crippen molar-refractivity contribution in [1.29, 1.82) is 0 Å². The van der Waals surface area contributed by atoms with Gasteiger partial charge in [0.05, 0.1) is 11.4 Å². The first-order valence-corrected chi connectivity index (χ1v) is 9.79. The highest BCUT2D eigenvalue weighted by molar-refractivity contribution is 5.95. The third-order valence-electron chi connectivity index (χ3n) is 5.71. The van der Waals surface area contributed by atoms with Gasteiger partial charge in [-0.15, -0.1) is 0 Å². The van der Waals surface area contributed by atoms with Crippen LogP contribution in [0.1, 0.15) is 60.9 Å². The quantitative estimate of drug-likeness (QED) is 0.853. The van der Waals surface area contributed by atoms with Crippen LogP contribution in [-0.2, 0) is 11.2 Å². The van der Waals surface area contributed by atoms with Crippen LogP contribution >= 0.6 is 0 Å². The number of amides is 1. The molecule has 6 nitrogen and oxygen atoms in total. The van der Waals surface area contributed by atoms with Crippen molar-refractivity contribution in [3.63, 3.8) is 0 Å². The SMILES string of the molecule is Cc1nn(-c2ccc(C(=O)N3CC(C)CC3(C)C)cc2)c(C)c1CCC(=O)O. The Kier molecular flexibility index (Phi) is 5.33. The minimum absolute atomic E-state index is 0.0661. The average molecular weight is 383 g/mol. The number of aromatic nitrogens is 2. The summed E-state index contributed by atoms with van der Waals surface area (Å²) < 4.78 is 1.82. The first-order valence-electron chi connectivity index (χ1n) is 9.79. The summed E-state index contributed by atoms with van der Waals surface area (Å²) in [6, 6.07) is 7.51. The number of carboxylic acids is 1. The Bertz CT molecular complexity index is 896. The van der Waals surface area contributed by atoms with Gasteiger partial charge in [-0.25, -0.2) is 4.68 Å². The molecule has 1 fully saturated rings. The third kappa shape index (κ3) is 3.81. The summed E-state index contributed by atoms with van der Waals surface area (Å²) in [5.41, 5.74) is 4.17. The number of hydrogen-bond donors (Lipinski definition) is 1. The molecule has 1 unspecified atom stereocenters. The first kappa shape index (κ1) is 20.1. The highest BCUT2D eigenvalue weighted by Crippen LogP contribution is 2.33. The van der Waals surface area contributed by atoms with E-state index >= 15 is 0 Å². The van der Waals surface area contributed by atoms with Crippen LogP contribution in [0.4, 0.5) is 0 Å². The molecule has 1 aliphatic rings. The highest BCUT2D eigenvalue weighted by Gasteiger charge is 2.39. The second kappa shape index (κ2) is 7.41. The molecule has 1 atom stereocenters. The van der Waals surface area contributed by atoms with Crippen LogP contribution in [0.15, 0.2) is 24.3 Å². The fourth-order valence-corrected chi connectivity index (χ4v) is 4.37. The van der Waals surface area contributed by atoms with Crippen molar-refractivity contribution >= 4 is 11.9 Å². The molecule has 1 aliphatic heterocycles. The maximum absolute atomic E-state index is 13.0. The lowest BCUT2D eigenvalue weighted by molar-refractivity contribution is -0.136. The van der Waals surface area contributed by atoms with E-state index in [0.29, 0.717) is 17.9 Å². The predicted molar refractivity (Wildman–Crippen MR) is 108 cm³/mol. The van der Waals surface area contributed by atoms with Crippen LogP contribution in [-0.4, -0.2) is 43.7 Å². The van der Waals surface area contributed by atoms with E-state index in [1.165, 1.54) is 0 Å². The molecule has 1 saturated heterocycles. The molecule has 150 valence electrons. The van der Waals surface area contributed by atoms with Crippen LogP contribution in [0, 0.1) is 19.8 Å². The van der Waals surface area contributed by atoms with Gasteiger partial charge in [-0.1, -0.05) is 6.92 Å². The van der Waals surface area contributed by atoms with Crippen molar-refractivity contribution in [2.24, 2.45) is 5.92 Å². The third-order valence-corrected chi connectivity index (χ3v) is 5.71. The zero-order chi connectivity index (χ0) is 20.6. The van der Waals surface area contributed by atoms with Crippen molar-refractivity contribution in [1.82, 2.24) is 14.7 Å². The molecule has 0 aliphatic carbocycles. The smallest absolute Gasteiger partial charge is 0.303 e. The van der Waals surface area contributed by atoms with Crippen LogP contribution in [0.5, 0.6) is 0 Å². The average Bonchev–Trinajstić information content (AvgIpc) is 3.06. The van der Waals surface area contributed by atoms with Crippen molar-refractivity contribution in [3.8, 4) is 5.69 Å². The lowest BCUT2D eigenvalue weighted by Crippen LogP contribution is -2.42. The second-order valence-electron chi connectivity index (χ2n) is 8.54. The van der Waals surface area contributed by atoms with E-state index in [2.05, 4.69) is 25.9 Å².